The zero-order valence-electron chi connectivity index (χ0n) is 7.75. The molecule has 66 valence electrons. The van der Waals surface area contributed by atoms with Crippen LogP contribution in [0.4, 0.5) is 0 Å². The van der Waals surface area contributed by atoms with Crippen LogP contribution in [-0.2, 0) is 0 Å². The third-order valence-corrected chi connectivity index (χ3v) is 2.87. The van der Waals surface area contributed by atoms with E-state index in [1.165, 1.54) is 6.42 Å². The van der Waals surface area contributed by atoms with E-state index in [2.05, 4.69) is 25.8 Å². The number of hydrogen-bond acceptors (Lipinski definition) is 2. The van der Waals surface area contributed by atoms with E-state index in [4.69, 9.17) is 0 Å². The van der Waals surface area contributed by atoms with Crippen molar-refractivity contribution in [2.75, 3.05) is 13.6 Å². The van der Waals surface area contributed by atoms with Gasteiger partial charge in [0.05, 0.1) is 6.10 Å². The van der Waals surface area contributed by atoms with E-state index in [-0.39, 0.29) is 6.10 Å². The highest BCUT2D eigenvalue weighted by Crippen LogP contribution is 2.23. The van der Waals surface area contributed by atoms with Crippen LogP contribution in [0.1, 0.15) is 26.7 Å². The zero-order chi connectivity index (χ0) is 8.43. The highest BCUT2D eigenvalue weighted by Gasteiger charge is 2.28. The van der Waals surface area contributed by atoms with Crippen molar-refractivity contribution >= 4 is 0 Å². The number of likely N-dealkylation sites (tertiary alicyclic amines) is 1. The third kappa shape index (κ3) is 1.94. The maximum absolute atomic E-state index is 9.52. The summed E-state index contributed by atoms with van der Waals surface area (Å²) in [7, 11) is 2.10. The zero-order valence-corrected chi connectivity index (χ0v) is 7.75. The van der Waals surface area contributed by atoms with Crippen molar-refractivity contribution in [3.63, 3.8) is 0 Å². The Morgan fingerprint density at radius 3 is 2.73 bits per heavy atom. The van der Waals surface area contributed by atoms with Crippen molar-refractivity contribution in [1.82, 2.24) is 4.90 Å². The van der Waals surface area contributed by atoms with Gasteiger partial charge in [-0.25, -0.2) is 0 Å². The molecule has 1 aliphatic rings. The monoisotopic (exact) mass is 157 g/mol. The predicted molar refractivity (Wildman–Crippen MR) is 46.5 cm³/mol. The first-order chi connectivity index (χ1) is 5.15. The van der Waals surface area contributed by atoms with Gasteiger partial charge in [0.1, 0.15) is 0 Å². The van der Waals surface area contributed by atoms with Crippen LogP contribution in [0.5, 0.6) is 0 Å². The largest absolute Gasteiger partial charge is 0.392 e. The van der Waals surface area contributed by atoms with Gasteiger partial charge in [-0.3, -0.25) is 0 Å². The van der Waals surface area contributed by atoms with Gasteiger partial charge in [0.15, 0.2) is 0 Å². The number of nitrogens with zero attached hydrogens (tertiary/aromatic N) is 1. The fourth-order valence-electron chi connectivity index (χ4n) is 1.87. The minimum absolute atomic E-state index is 0.109. The number of aliphatic hydroxyl groups excluding tert-OH is 1. The fourth-order valence-corrected chi connectivity index (χ4v) is 1.87. The topological polar surface area (TPSA) is 23.5 Å². The number of hydrogen-bond donors (Lipinski definition) is 1. The number of rotatable bonds is 1. The summed E-state index contributed by atoms with van der Waals surface area (Å²) in [6.07, 6.45) is 2.24. The molecule has 0 bridgehead atoms. The SMILES string of the molecule is CC[C@@H]1CC(C)C(O)CN1C. The molecule has 0 aromatic carbocycles. The van der Waals surface area contributed by atoms with Crippen molar-refractivity contribution in [3.8, 4) is 0 Å². The Labute approximate surface area is 69.2 Å². The van der Waals surface area contributed by atoms with Crippen LogP contribution in [0.15, 0.2) is 0 Å². The maximum atomic E-state index is 9.52. The molecular weight excluding hydrogens is 138 g/mol. The van der Waals surface area contributed by atoms with Gasteiger partial charge in [-0.1, -0.05) is 13.8 Å². The molecule has 11 heavy (non-hydrogen) atoms. The average Bonchev–Trinajstić information content (AvgIpc) is 1.97. The second-order valence-electron chi connectivity index (χ2n) is 3.78. The van der Waals surface area contributed by atoms with Crippen LogP contribution in [0.25, 0.3) is 0 Å². The summed E-state index contributed by atoms with van der Waals surface area (Å²) in [6.45, 7) is 5.20. The van der Waals surface area contributed by atoms with Crippen LogP contribution in [0, 0.1) is 5.92 Å². The van der Waals surface area contributed by atoms with Gasteiger partial charge in [0, 0.05) is 12.6 Å². The second kappa shape index (κ2) is 3.55. The molecule has 2 unspecified atom stereocenters. The molecule has 1 aliphatic heterocycles. The summed E-state index contributed by atoms with van der Waals surface area (Å²) in [5.41, 5.74) is 0. The number of aliphatic hydroxyl groups is 1. The first kappa shape index (κ1) is 9.01. The van der Waals surface area contributed by atoms with Crippen molar-refractivity contribution in [1.29, 1.82) is 0 Å². The molecule has 1 rings (SSSR count). The van der Waals surface area contributed by atoms with Gasteiger partial charge < -0.3 is 10.0 Å². The van der Waals surface area contributed by atoms with Crippen LogP contribution >= 0.6 is 0 Å². The van der Waals surface area contributed by atoms with Gasteiger partial charge in [-0.15, -0.1) is 0 Å². The van der Waals surface area contributed by atoms with Gasteiger partial charge in [0.2, 0.25) is 0 Å². The smallest absolute Gasteiger partial charge is 0.0693 e. The van der Waals surface area contributed by atoms with Gasteiger partial charge in [0.25, 0.3) is 0 Å². The van der Waals surface area contributed by atoms with E-state index >= 15 is 0 Å². The van der Waals surface area contributed by atoms with Gasteiger partial charge >= 0.3 is 0 Å². The lowest BCUT2D eigenvalue weighted by Crippen LogP contribution is -2.46. The van der Waals surface area contributed by atoms with E-state index in [0.29, 0.717) is 12.0 Å². The van der Waals surface area contributed by atoms with Crippen LogP contribution in [0.2, 0.25) is 0 Å². The van der Waals surface area contributed by atoms with Crippen molar-refractivity contribution < 1.29 is 5.11 Å². The Balaban J connectivity index is 2.48. The number of piperidine rings is 1. The summed E-state index contributed by atoms with van der Waals surface area (Å²) < 4.78 is 0. The Morgan fingerprint density at radius 1 is 1.55 bits per heavy atom. The molecule has 0 saturated carbocycles. The Bertz CT molecular complexity index is 127. The van der Waals surface area contributed by atoms with Gasteiger partial charge in [-0.05, 0) is 25.8 Å². The molecule has 1 N–H and O–H groups in total. The van der Waals surface area contributed by atoms with Crippen molar-refractivity contribution in [2.45, 2.75) is 38.8 Å². The minimum Gasteiger partial charge on any atom is -0.392 e. The third-order valence-electron chi connectivity index (χ3n) is 2.87. The number of β-amino-alcohol motifs (C(OH)–C–C–N with tert-alkyl or cyclic N) is 1. The van der Waals surface area contributed by atoms with Gasteiger partial charge in [-0.2, -0.15) is 0 Å². The standard InChI is InChI=1S/C9H19NO/c1-4-8-5-7(2)9(11)6-10(8)3/h7-9,11H,4-6H2,1-3H3/t7?,8-,9?/m1/s1. The first-order valence-corrected chi connectivity index (χ1v) is 4.53. The first-order valence-electron chi connectivity index (χ1n) is 4.53. The van der Waals surface area contributed by atoms with Crippen molar-refractivity contribution in [3.05, 3.63) is 0 Å². The molecule has 0 aromatic heterocycles. The summed E-state index contributed by atoms with van der Waals surface area (Å²) >= 11 is 0. The molecule has 0 amide bonds. The number of likely N-dealkylation sites (N-methyl/N-ethyl adjacent to an activating group) is 1. The molecule has 1 heterocycles. The lowest BCUT2D eigenvalue weighted by atomic mass is 9.89. The summed E-state index contributed by atoms with van der Waals surface area (Å²) in [5.74, 6) is 0.483. The van der Waals surface area contributed by atoms with E-state index in [0.717, 1.165) is 13.0 Å². The highest BCUT2D eigenvalue weighted by atomic mass is 16.3. The summed E-state index contributed by atoms with van der Waals surface area (Å²) in [6, 6.07) is 0.688. The Kier molecular flexibility index (Phi) is 2.90. The van der Waals surface area contributed by atoms with Crippen molar-refractivity contribution in [2.24, 2.45) is 5.92 Å². The van der Waals surface area contributed by atoms with E-state index in [9.17, 15) is 5.11 Å². The minimum atomic E-state index is -0.109. The fraction of sp³-hybridized carbons (Fsp3) is 1.00. The van der Waals surface area contributed by atoms with Crippen LogP contribution < -0.4 is 0 Å². The molecule has 2 heteroatoms. The summed E-state index contributed by atoms with van der Waals surface area (Å²) in [4.78, 5) is 2.27. The summed E-state index contributed by atoms with van der Waals surface area (Å²) in [5, 5.41) is 9.52. The molecule has 0 aromatic rings. The lowest BCUT2D eigenvalue weighted by Gasteiger charge is -2.38. The molecule has 0 spiro atoms. The lowest BCUT2D eigenvalue weighted by molar-refractivity contribution is 0.00895. The Hall–Kier alpha value is -0.0800. The second-order valence-corrected chi connectivity index (χ2v) is 3.78. The molecule has 2 nitrogen and oxygen atoms in total. The molecular formula is C9H19NO. The Morgan fingerprint density at radius 2 is 2.18 bits per heavy atom. The quantitative estimate of drug-likeness (QED) is 0.616. The molecule has 1 saturated heterocycles. The molecule has 0 aliphatic carbocycles. The van der Waals surface area contributed by atoms with Crippen LogP contribution in [0.3, 0.4) is 0 Å². The molecule has 3 atom stereocenters. The molecule has 1 fully saturated rings. The van der Waals surface area contributed by atoms with E-state index in [1.54, 1.807) is 0 Å². The highest BCUT2D eigenvalue weighted by molar-refractivity contribution is 4.82. The normalized spacial score (nSPS) is 40.9. The maximum Gasteiger partial charge on any atom is 0.0693 e. The predicted octanol–water partition coefficient (Wildman–Crippen LogP) is 1.10. The van der Waals surface area contributed by atoms with E-state index in [1.807, 2.05) is 0 Å². The molecule has 0 radical (unpaired) electrons. The average molecular weight is 157 g/mol. The van der Waals surface area contributed by atoms with E-state index < -0.39 is 0 Å². The van der Waals surface area contributed by atoms with Crippen LogP contribution in [-0.4, -0.2) is 35.7 Å².